The molecule has 0 unspecified atom stereocenters. The molecular weight excluding hydrogens is 448 g/mol. The van der Waals surface area contributed by atoms with E-state index in [9.17, 15) is 9.59 Å². The Balaban J connectivity index is 1.46. The summed E-state index contributed by atoms with van der Waals surface area (Å²) in [4.78, 5) is 30.7. The number of fused-ring (bicyclic) bond motifs is 5. The fraction of sp³-hybridized carbons (Fsp3) is 0.259. The standard InChI is InChI=1S/C27H22N2O4S/c30-25(17-10-11-21-22(12-17)33-15-32-21)24-23(16-6-2-1-3-7-16)20-13-34-14-29(20)27(24)18-8-4-5-9-19(18)28-26(27)31/h1-12,20,23-24H,13-15H2,(H,28,31)/t20-,23-,24+,27-/m1/s1. The Morgan fingerprint density at radius 3 is 2.68 bits per heavy atom. The summed E-state index contributed by atoms with van der Waals surface area (Å²) < 4.78 is 11.0. The quantitative estimate of drug-likeness (QED) is 0.578. The summed E-state index contributed by atoms with van der Waals surface area (Å²) in [5, 5.41) is 3.11. The lowest BCUT2D eigenvalue weighted by Gasteiger charge is -2.36. The Labute approximate surface area is 201 Å². The highest BCUT2D eigenvalue weighted by atomic mass is 32.2. The number of rotatable bonds is 3. The third-order valence-corrected chi connectivity index (χ3v) is 8.69. The number of benzene rings is 3. The third kappa shape index (κ3) is 2.56. The lowest BCUT2D eigenvalue weighted by atomic mass is 9.69. The lowest BCUT2D eigenvalue weighted by Crippen LogP contribution is -2.52. The van der Waals surface area contributed by atoms with E-state index in [0.717, 1.165) is 22.6 Å². The molecule has 2 fully saturated rings. The van der Waals surface area contributed by atoms with Crippen molar-refractivity contribution in [1.29, 1.82) is 0 Å². The molecule has 1 amide bonds. The van der Waals surface area contributed by atoms with E-state index in [1.807, 2.05) is 54.2 Å². The summed E-state index contributed by atoms with van der Waals surface area (Å²) in [7, 11) is 0. The Morgan fingerprint density at radius 2 is 1.79 bits per heavy atom. The van der Waals surface area contributed by atoms with Gasteiger partial charge in [0.05, 0.1) is 5.92 Å². The van der Waals surface area contributed by atoms with Crippen LogP contribution < -0.4 is 14.8 Å². The highest BCUT2D eigenvalue weighted by Crippen LogP contribution is 2.61. The second kappa shape index (κ2) is 7.35. The van der Waals surface area contributed by atoms with Crippen LogP contribution in [-0.4, -0.2) is 41.1 Å². The van der Waals surface area contributed by atoms with E-state index in [4.69, 9.17) is 9.47 Å². The molecule has 7 heteroatoms. The lowest BCUT2D eigenvalue weighted by molar-refractivity contribution is -0.127. The molecule has 170 valence electrons. The van der Waals surface area contributed by atoms with Crippen LogP contribution in [0.1, 0.15) is 27.4 Å². The normalized spacial score (nSPS) is 28.7. The first kappa shape index (κ1) is 20.1. The van der Waals surface area contributed by atoms with Gasteiger partial charge in [0.2, 0.25) is 12.7 Å². The topological polar surface area (TPSA) is 67.9 Å². The van der Waals surface area contributed by atoms with E-state index in [2.05, 4.69) is 22.3 Å². The van der Waals surface area contributed by atoms with Crippen molar-refractivity contribution in [1.82, 2.24) is 4.90 Å². The third-order valence-electron chi connectivity index (χ3n) is 7.65. The van der Waals surface area contributed by atoms with Gasteiger partial charge in [-0.3, -0.25) is 14.5 Å². The van der Waals surface area contributed by atoms with Crippen LogP contribution in [-0.2, 0) is 10.3 Å². The molecule has 4 aliphatic heterocycles. The number of carbonyl (C=O) groups is 2. The number of thioether (sulfide) groups is 1. The molecule has 0 aromatic heterocycles. The van der Waals surface area contributed by atoms with E-state index >= 15 is 0 Å². The summed E-state index contributed by atoms with van der Waals surface area (Å²) in [6, 6.07) is 23.4. The fourth-order valence-corrected chi connectivity index (χ4v) is 7.64. The number of anilines is 1. The zero-order chi connectivity index (χ0) is 22.9. The van der Waals surface area contributed by atoms with Gasteiger partial charge in [0, 0.05) is 40.4 Å². The summed E-state index contributed by atoms with van der Waals surface area (Å²) in [6.45, 7) is 0.149. The molecule has 3 aromatic rings. The second-order valence-corrected chi connectivity index (χ2v) is 10.1. The summed E-state index contributed by atoms with van der Waals surface area (Å²) in [6.07, 6.45) is 0. The fourth-order valence-electron chi connectivity index (χ4n) is 6.31. The highest BCUT2D eigenvalue weighted by molar-refractivity contribution is 7.99. The first-order valence-electron chi connectivity index (χ1n) is 11.4. The van der Waals surface area contributed by atoms with Crippen LogP contribution in [0.5, 0.6) is 11.5 Å². The number of carbonyl (C=O) groups excluding carboxylic acids is 2. The van der Waals surface area contributed by atoms with Crippen molar-refractivity contribution in [2.75, 3.05) is 23.7 Å². The second-order valence-electron chi connectivity index (χ2n) is 9.15. The Morgan fingerprint density at radius 1 is 1.00 bits per heavy atom. The molecule has 6 nitrogen and oxygen atoms in total. The van der Waals surface area contributed by atoms with Gasteiger partial charge in [-0.2, -0.15) is 0 Å². The molecule has 4 aliphatic rings. The maximum absolute atomic E-state index is 14.5. The van der Waals surface area contributed by atoms with Crippen LogP contribution in [0, 0.1) is 5.92 Å². The van der Waals surface area contributed by atoms with Crippen molar-refractivity contribution in [3.05, 3.63) is 89.5 Å². The smallest absolute Gasteiger partial charge is 0.250 e. The summed E-state index contributed by atoms with van der Waals surface area (Å²) in [5.41, 5.74) is 2.26. The van der Waals surface area contributed by atoms with Crippen LogP contribution in [0.3, 0.4) is 0 Å². The van der Waals surface area contributed by atoms with Gasteiger partial charge in [-0.15, -0.1) is 11.8 Å². The van der Waals surface area contributed by atoms with Gasteiger partial charge in [0.25, 0.3) is 0 Å². The molecule has 4 atom stereocenters. The molecule has 4 heterocycles. The van der Waals surface area contributed by atoms with E-state index in [1.54, 1.807) is 18.2 Å². The van der Waals surface area contributed by atoms with Gasteiger partial charge in [0.1, 0.15) is 5.54 Å². The number of nitrogens with zero attached hydrogens (tertiary/aromatic N) is 1. The van der Waals surface area contributed by atoms with Crippen molar-refractivity contribution >= 4 is 29.1 Å². The van der Waals surface area contributed by atoms with Crippen molar-refractivity contribution in [2.24, 2.45) is 5.92 Å². The van der Waals surface area contributed by atoms with Crippen LogP contribution in [0.25, 0.3) is 0 Å². The summed E-state index contributed by atoms with van der Waals surface area (Å²) >= 11 is 1.83. The average molecular weight is 471 g/mol. The number of ketones is 1. The zero-order valence-corrected chi connectivity index (χ0v) is 19.1. The van der Waals surface area contributed by atoms with E-state index < -0.39 is 11.5 Å². The maximum atomic E-state index is 14.5. The average Bonchev–Trinajstić information content (AvgIpc) is 3.63. The van der Waals surface area contributed by atoms with Gasteiger partial charge in [-0.1, -0.05) is 48.5 Å². The molecular formula is C27H22N2O4S. The Bertz CT molecular complexity index is 1330. The Kier molecular flexibility index (Phi) is 4.35. The molecule has 0 radical (unpaired) electrons. The molecule has 0 bridgehead atoms. The van der Waals surface area contributed by atoms with Gasteiger partial charge in [0.15, 0.2) is 17.3 Å². The zero-order valence-electron chi connectivity index (χ0n) is 18.3. The monoisotopic (exact) mass is 470 g/mol. The minimum atomic E-state index is -1.06. The SMILES string of the molecule is O=C(c1ccc2c(c1)OCO2)[C@@H]1[C@H](c2ccccc2)[C@H]2CSCN2[C@@]12C(=O)Nc1ccccc12. The molecule has 2 saturated heterocycles. The van der Waals surface area contributed by atoms with Gasteiger partial charge < -0.3 is 14.8 Å². The van der Waals surface area contributed by atoms with Crippen LogP contribution >= 0.6 is 11.8 Å². The van der Waals surface area contributed by atoms with E-state index in [1.165, 1.54) is 0 Å². The molecule has 3 aromatic carbocycles. The number of Topliss-reactive ketones (excluding diaryl/α,β-unsaturated/α-hetero) is 1. The number of amides is 1. The minimum Gasteiger partial charge on any atom is -0.454 e. The van der Waals surface area contributed by atoms with Crippen molar-refractivity contribution < 1.29 is 19.1 Å². The largest absolute Gasteiger partial charge is 0.454 e. The first-order chi connectivity index (χ1) is 16.7. The molecule has 1 N–H and O–H groups in total. The molecule has 7 rings (SSSR count). The maximum Gasteiger partial charge on any atom is 0.250 e. The van der Waals surface area contributed by atoms with E-state index in [-0.39, 0.29) is 30.4 Å². The van der Waals surface area contributed by atoms with Crippen LogP contribution in [0.15, 0.2) is 72.8 Å². The van der Waals surface area contributed by atoms with Crippen LogP contribution in [0.2, 0.25) is 0 Å². The van der Waals surface area contributed by atoms with Gasteiger partial charge in [-0.05, 0) is 29.8 Å². The first-order valence-corrected chi connectivity index (χ1v) is 12.6. The summed E-state index contributed by atoms with van der Waals surface area (Å²) in [5.74, 6) is 1.94. The van der Waals surface area contributed by atoms with Crippen molar-refractivity contribution in [3.63, 3.8) is 0 Å². The number of nitrogens with one attached hydrogen (secondary N) is 1. The number of hydrogen-bond donors (Lipinski definition) is 1. The minimum absolute atomic E-state index is 0.0431. The molecule has 1 spiro atoms. The predicted molar refractivity (Wildman–Crippen MR) is 129 cm³/mol. The molecule has 34 heavy (non-hydrogen) atoms. The number of para-hydroxylation sites is 1. The Hall–Kier alpha value is -3.29. The number of ether oxygens (including phenoxy) is 2. The number of hydrogen-bond acceptors (Lipinski definition) is 6. The predicted octanol–water partition coefficient (Wildman–Crippen LogP) is 4.23. The molecule has 0 saturated carbocycles. The van der Waals surface area contributed by atoms with Crippen molar-refractivity contribution in [2.45, 2.75) is 17.5 Å². The molecule has 0 aliphatic carbocycles. The van der Waals surface area contributed by atoms with E-state index in [0.29, 0.717) is 22.9 Å². The van der Waals surface area contributed by atoms with Gasteiger partial charge >= 0.3 is 0 Å². The highest BCUT2D eigenvalue weighted by Gasteiger charge is 2.69. The van der Waals surface area contributed by atoms with Crippen LogP contribution in [0.4, 0.5) is 5.69 Å². The van der Waals surface area contributed by atoms with Gasteiger partial charge in [-0.25, -0.2) is 0 Å². The van der Waals surface area contributed by atoms with Crippen molar-refractivity contribution in [3.8, 4) is 11.5 Å².